The second-order valence-corrected chi connectivity index (χ2v) is 5.86. The van der Waals surface area contributed by atoms with Crippen LogP contribution in [-0.4, -0.2) is 19.7 Å². The van der Waals surface area contributed by atoms with Gasteiger partial charge in [0.05, 0.1) is 0 Å². The van der Waals surface area contributed by atoms with E-state index in [1.165, 1.54) is 18.4 Å². The van der Waals surface area contributed by atoms with Gasteiger partial charge in [0, 0.05) is 6.54 Å². The molecule has 0 aliphatic heterocycles. The van der Waals surface area contributed by atoms with Crippen molar-refractivity contribution in [2.75, 3.05) is 19.7 Å². The van der Waals surface area contributed by atoms with Crippen LogP contribution in [0, 0.1) is 5.92 Å². The first-order valence-corrected chi connectivity index (χ1v) is 7.53. The molecule has 0 atom stereocenters. The molecule has 0 aliphatic rings. The summed E-state index contributed by atoms with van der Waals surface area (Å²) < 4.78 is 5.76. The molecule has 0 aliphatic carbocycles. The van der Waals surface area contributed by atoms with Gasteiger partial charge >= 0.3 is 0 Å². The van der Waals surface area contributed by atoms with Crippen LogP contribution in [0.15, 0.2) is 24.3 Å². The Morgan fingerprint density at radius 2 is 1.89 bits per heavy atom. The Morgan fingerprint density at radius 3 is 2.58 bits per heavy atom. The van der Waals surface area contributed by atoms with E-state index in [1.54, 1.807) is 0 Å². The van der Waals surface area contributed by atoms with Gasteiger partial charge in [0.1, 0.15) is 12.4 Å². The molecule has 0 amide bonds. The highest BCUT2D eigenvalue weighted by molar-refractivity contribution is 5.30. The number of hydrogen-bond donors (Lipinski definition) is 1. The van der Waals surface area contributed by atoms with Gasteiger partial charge in [-0.2, -0.15) is 0 Å². The molecule has 0 unspecified atom stereocenters. The average molecular weight is 263 g/mol. The third-order valence-electron chi connectivity index (χ3n) is 3.21. The van der Waals surface area contributed by atoms with Crippen LogP contribution >= 0.6 is 0 Å². The standard InChI is InChI=1S/C17H29NO/c1-14(2)7-6-10-18-11-12-19-17-9-5-8-16(13-17)15(3)4/h5,8-9,13-15,18H,6-7,10-12H2,1-4H3. The molecule has 0 spiro atoms. The lowest BCUT2D eigenvalue weighted by atomic mass is 10.0. The van der Waals surface area contributed by atoms with Gasteiger partial charge in [-0.05, 0) is 48.9 Å². The molecular formula is C17H29NO. The normalized spacial score (nSPS) is 11.3. The van der Waals surface area contributed by atoms with Crippen LogP contribution in [0.5, 0.6) is 5.75 Å². The van der Waals surface area contributed by atoms with Crippen LogP contribution in [-0.2, 0) is 0 Å². The van der Waals surface area contributed by atoms with Crippen molar-refractivity contribution in [3.8, 4) is 5.75 Å². The van der Waals surface area contributed by atoms with E-state index in [0.29, 0.717) is 5.92 Å². The first-order chi connectivity index (χ1) is 9.09. The predicted octanol–water partition coefficient (Wildman–Crippen LogP) is 4.21. The van der Waals surface area contributed by atoms with Gasteiger partial charge in [-0.25, -0.2) is 0 Å². The number of rotatable bonds is 9. The van der Waals surface area contributed by atoms with E-state index in [2.05, 4.69) is 51.2 Å². The van der Waals surface area contributed by atoms with E-state index in [0.717, 1.165) is 31.4 Å². The monoisotopic (exact) mass is 263 g/mol. The molecule has 0 bridgehead atoms. The second-order valence-electron chi connectivity index (χ2n) is 5.86. The summed E-state index contributed by atoms with van der Waals surface area (Å²) in [5, 5.41) is 3.42. The maximum atomic E-state index is 5.76. The number of hydrogen-bond acceptors (Lipinski definition) is 2. The summed E-state index contributed by atoms with van der Waals surface area (Å²) in [4.78, 5) is 0. The highest BCUT2D eigenvalue weighted by Gasteiger charge is 2.00. The molecule has 0 saturated carbocycles. The van der Waals surface area contributed by atoms with Crippen LogP contribution in [0.1, 0.15) is 52.0 Å². The Morgan fingerprint density at radius 1 is 1.11 bits per heavy atom. The summed E-state index contributed by atoms with van der Waals surface area (Å²) in [5.41, 5.74) is 1.34. The summed E-state index contributed by atoms with van der Waals surface area (Å²) in [6.07, 6.45) is 2.55. The molecule has 0 aromatic heterocycles. The molecule has 1 rings (SSSR count). The molecule has 1 aromatic carbocycles. The minimum absolute atomic E-state index is 0.553. The Kier molecular flexibility index (Phi) is 7.57. The topological polar surface area (TPSA) is 21.3 Å². The van der Waals surface area contributed by atoms with Crippen molar-refractivity contribution in [3.63, 3.8) is 0 Å². The van der Waals surface area contributed by atoms with Gasteiger partial charge in [-0.3, -0.25) is 0 Å². The summed E-state index contributed by atoms with van der Waals surface area (Å²) in [5.74, 6) is 2.34. The van der Waals surface area contributed by atoms with Crippen molar-refractivity contribution in [3.05, 3.63) is 29.8 Å². The number of nitrogens with one attached hydrogen (secondary N) is 1. The molecule has 2 nitrogen and oxygen atoms in total. The molecule has 108 valence electrons. The minimum Gasteiger partial charge on any atom is -0.492 e. The third-order valence-corrected chi connectivity index (χ3v) is 3.21. The molecule has 0 heterocycles. The SMILES string of the molecule is CC(C)CCCNCCOc1cccc(C(C)C)c1. The van der Waals surface area contributed by atoms with Crippen LogP contribution in [0.4, 0.5) is 0 Å². The molecule has 0 radical (unpaired) electrons. The molecular weight excluding hydrogens is 234 g/mol. The molecule has 0 fully saturated rings. The highest BCUT2D eigenvalue weighted by atomic mass is 16.5. The summed E-state index contributed by atoms with van der Waals surface area (Å²) >= 11 is 0. The first kappa shape index (κ1) is 16.0. The lowest BCUT2D eigenvalue weighted by Gasteiger charge is -2.11. The van der Waals surface area contributed by atoms with Crippen molar-refractivity contribution in [1.82, 2.24) is 5.32 Å². The van der Waals surface area contributed by atoms with Gasteiger partial charge < -0.3 is 10.1 Å². The predicted molar refractivity (Wildman–Crippen MR) is 83.0 cm³/mol. The Bertz CT molecular complexity index is 347. The van der Waals surface area contributed by atoms with Crippen molar-refractivity contribution in [2.45, 2.75) is 46.5 Å². The largest absolute Gasteiger partial charge is 0.492 e. The van der Waals surface area contributed by atoms with Crippen LogP contribution in [0.3, 0.4) is 0 Å². The molecule has 0 saturated heterocycles. The van der Waals surface area contributed by atoms with Gasteiger partial charge in [0.25, 0.3) is 0 Å². The van der Waals surface area contributed by atoms with Crippen LogP contribution in [0.25, 0.3) is 0 Å². The summed E-state index contributed by atoms with van der Waals surface area (Å²) in [6, 6.07) is 8.40. The summed E-state index contributed by atoms with van der Waals surface area (Å²) in [7, 11) is 0. The van der Waals surface area contributed by atoms with Crippen LogP contribution < -0.4 is 10.1 Å². The first-order valence-electron chi connectivity index (χ1n) is 7.53. The zero-order chi connectivity index (χ0) is 14.1. The van der Waals surface area contributed by atoms with Crippen molar-refractivity contribution in [2.24, 2.45) is 5.92 Å². The third kappa shape index (κ3) is 7.22. The maximum Gasteiger partial charge on any atom is 0.119 e. The van der Waals surface area contributed by atoms with E-state index < -0.39 is 0 Å². The Hall–Kier alpha value is -1.02. The minimum atomic E-state index is 0.553. The van der Waals surface area contributed by atoms with E-state index in [1.807, 2.05) is 6.07 Å². The van der Waals surface area contributed by atoms with E-state index in [-0.39, 0.29) is 0 Å². The van der Waals surface area contributed by atoms with Gasteiger partial charge in [-0.15, -0.1) is 0 Å². The van der Waals surface area contributed by atoms with Crippen molar-refractivity contribution in [1.29, 1.82) is 0 Å². The zero-order valence-electron chi connectivity index (χ0n) is 12.9. The number of benzene rings is 1. The Labute approximate surface area is 118 Å². The van der Waals surface area contributed by atoms with E-state index in [4.69, 9.17) is 4.74 Å². The smallest absolute Gasteiger partial charge is 0.119 e. The zero-order valence-corrected chi connectivity index (χ0v) is 12.9. The fourth-order valence-corrected chi connectivity index (χ4v) is 1.96. The second kappa shape index (κ2) is 8.98. The van der Waals surface area contributed by atoms with Gasteiger partial charge in [-0.1, -0.05) is 39.8 Å². The summed E-state index contributed by atoms with van der Waals surface area (Å²) in [6.45, 7) is 11.7. The van der Waals surface area contributed by atoms with Crippen molar-refractivity contribution < 1.29 is 4.74 Å². The fourth-order valence-electron chi connectivity index (χ4n) is 1.96. The number of ether oxygens (including phenoxy) is 1. The molecule has 1 aromatic rings. The quantitative estimate of drug-likeness (QED) is 0.674. The van der Waals surface area contributed by atoms with Crippen molar-refractivity contribution >= 4 is 0 Å². The van der Waals surface area contributed by atoms with E-state index in [9.17, 15) is 0 Å². The Balaban J connectivity index is 2.14. The maximum absolute atomic E-state index is 5.76. The van der Waals surface area contributed by atoms with Crippen LogP contribution in [0.2, 0.25) is 0 Å². The molecule has 2 heteroatoms. The highest BCUT2D eigenvalue weighted by Crippen LogP contribution is 2.19. The van der Waals surface area contributed by atoms with E-state index >= 15 is 0 Å². The average Bonchev–Trinajstić information content (AvgIpc) is 2.37. The lowest BCUT2D eigenvalue weighted by molar-refractivity contribution is 0.312. The molecule has 19 heavy (non-hydrogen) atoms. The fraction of sp³-hybridized carbons (Fsp3) is 0.647. The molecule has 1 N–H and O–H groups in total. The van der Waals surface area contributed by atoms with Gasteiger partial charge in [0.15, 0.2) is 0 Å². The lowest BCUT2D eigenvalue weighted by Crippen LogP contribution is -2.22. The van der Waals surface area contributed by atoms with Gasteiger partial charge in [0.2, 0.25) is 0 Å².